The van der Waals surface area contributed by atoms with Crippen molar-refractivity contribution in [3.63, 3.8) is 0 Å². The summed E-state index contributed by atoms with van der Waals surface area (Å²) in [7, 11) is 2.08. The van der Waals surface area contributed by atoms with Gasteiger partial charge in [-0.1, -0.05) is 0 Å². The lowest BCUT2D eigenvalue weighted by atomic mass is 10.0. The number of Topliss-reactive ketones (excluding diaryl/α,β-unsaturated/α-hetero) is 1. The largest absolute Gasteiger partial charge is 0.494 e. The molecule has 3 rings (SSSR count). The Balaban J connectivity index is 2.05. The second kappa shape index (κ2) is 6.44. The quantitative estimate of drug-likeness (QED) is 0.788. The predicted octanol–water partition coefficient (Wildman–Crippen LogP) is 1.52. The molecule has 0 radical (unpaired) electrons. The van der Waals surface area contributed by atoms with E-state index in [1.54, 1.807) is 12.0 Å². The SMILES string of the molecule is CCOc1cc2c(c(N3CCN(C)CC3)c1)OC(=C=O)CC2=O. The molecule has 0 aromatic heterocycles. The smallest absolute Gasteiger partial charge is 0.195 e. The number of benzene rings is 1. The van der Waals surface area contributed by atoms with Crippen LogP contribution in [0.5, 0.6) is 11.5 Å². The number of allylic oxidation sites excluding steroid dienone is 1. The maximum atomic E-state index is 12.3. The van der Waals surface area contributed by atoms with E-state index in [1.165, 1.54) is 0 Å². The molecule has 2 aliphatic rings. The number of likely N-dealkylation sites (N-methyl/N-ethyl adjacent to an activating group) is 1. The minimum atomic E-state index is -0.137. The molecule has 0 spiro atoms. The van der Waals surface area contributed by atoms with Crippen molar-refractivity contribution in [3.05, 3.63) is 23.5 Å². The predicted molar refractivity (Wildman–Crippen MR) is 86.1 cm³/mol. The standard InChI is InChI=1S/C17H20N2O4/c1-3-22-12-8-14-16(21)10-13(11-20)23-17(14)15(9-12)19-6-4-18(2)5-7-19/h8-9H,3-7,10H2,1-2H3. The number of rotatable bonds is 3. The molecular weight excluding hydrogens is 296 g/mol. The number of fused-ring (bicyclic) bond motifs is 1. The number of piperazine rings is 1. The fraction of sp³-hybridized carbons (Fsp3) is 0.471. The molecule has 0 bridgehead atoms. The molecule has 2 heterocycles. The first-order valence-electron chi connectivity index (χ1n) is 7.81. The van der Waals surface area contributed by atoms with Gasteiger partial charge in [-0.3, -0.25) is 4.79 Å². The average molecular weight is 316 g/mol. The zero-order chi connectivity index (χ0) is 16.4. The number of carbonyl (C=O) groups is 1. The summed E-state index contributed by atoms with van der Waals surface area (Å²) in [5.41, 5.74) is 1.28. The molecule has 23 heavy (non-hydrogen) atoms. The minimum absolute atomic E-state index is 0.0436. The van der Waals surface area contributed by atoms with Gasteiger partial charge in [0.15, 0.2) is 23.2 Å². The van der Waals surface area contributed by atoms with Gasteiger partial charge in [0.25, 0.3) is 0 Å². The maximum Gasteiger partial charge on any atom is 0.195 e. The van der Waals surface area contributed by atoms with Gasteiger partial charge in [-0.2, -0.15) is 0 Å². The van der Waals surface area contributed by atoms with Crippen LogP contribution in [0.3, 0.4) is 0 Å². The molecule has 1 aromatic rings. The van der Waals surface area contributed by atoms with Crippen LogP contribution in [0.15, 0.2) is 17.9 Å². The average Bonchev–Trinajstić information content (AvgIpc) is 2.55. The highest BCUT2D eigenvalue weighted by Gasteiger charge is 2.29. The first-order valence-corrected chi connectivity index (χ1v) is 7.81. The van der Waals surface area contributed by atoms with E-state index in [2.05, 4.69) is 16.8 Å². The van der Waals surface area contributed by atoms with Crippen molar-refractivity contribution in [2.45, 2.75) is 13.3 Å². The second-order valence-corrected chi connectivity index (χ2v) is 5.77. The molecule has 0 atom stereocenters. The lowest BCUT2D eigenvalue weighted by Crippen LogP contribution is -2.44. The van der Waals surface area contributed by atoms with Crippen molar-refractivity contribution in [3.8, 4) is 11.5 Å². The molecule has 1 saturated heterocycles. The highest BCUT2D eigenvalue weighted by atomic mass is 16.5. The molecule has 6 nitrogen and oxygen atoms in total. The molecule has 0 unspecified atom stereocenters. The van der Waals surface area contributed by atoms with Crippen molar-refractivity contribution < 1.29 is 19.1 Å². The number of hydrogen-bond donors (Lipinski definition) is 0. The molecule has 6 heteroatoms. The van der Waals surface area contributed by atoms with Crippen LogP contribution >= 0.6 is 0 Å². The third-order valence-corrected chi connectivity index (χ3v) is 4.16. The molecule has 2 aliphatic heterocycles. The van der Waals surface area contributed by atoms with E-state index in [0.29, 0.717) is 23.7 Å². The number of anilines is 1. The molecule has 0 amide bonds. The summed E-state index contributed by atoms with van der Waals surface area (Å²) in [6.07, 6.45) is -0.0474. The molecule has 122 valence electrons. The molecule has 0 aliphatic carbocycles. The van der Waals surface area contributed by atoms with Gasteiger partial charge >= 0.3 is 0 Å². The summed E-state index contributed by atoms with van der Waals surface area (Å²) in [5, 5.41) is 0. The van der Waals surface area contributed by atoms with Crippen molar-refractivity contribution in [2.24, 2.45) is 0 Å². The van der Waals surface area contributed by atoms with Gasteiger partial charge in [0.1, 0.15) is 5.75 Å². The Labute approximate surface area is 135 Å². The van der Waals surface area contributed by atoms with E-state index in [1.807, 2.05) is 13.0 Å². The fourth-order valence-electron chi connectivity index (χ4n) is 2.89. The normalized spacial score (nSPS) is 18.3. The van der Waals surface area contributed by atoms with Crippen LogP contribution in [0.4, 0.5) is 5.69 Å². The Bertz CT molecular complexity index is 671. The molecule has 0 saturated carbocycles. The summed E-state index contributed by atoms with van der Waals surface area (Å²) < 4.78 is 11.3. The van der Waals surface area contributed by atoms with Crippen LogP contribution in [0, 0.1) is 0 Å². The van der Waals surface area contributed by atoms with Gasteiger partial charge in [0, 0.05) is 32.2 Å². The summed E-state index contributed by atoms with van der Waals surface area (Å²) in [4.78, 5) is 27.7. The van der Waals surface area contributed by atoms with Crippen LogP contribution in [0.1, 0.15) is 23.7 Å². The Kier molecular flexibility index (Phi) is 4.37. The van der Waals surface area contributed by atoms with Gasteiger partial charge in [-0.25, -0.2) is 4.79 Å². The first-order chi connectivity index (χ1) is 11.1. The third-order valence-electron chi connectivity index (χ3n) is 4.16. The van der Waals surface area contributed by atoms with Crippen molar-refractivity contribution in [2.75, 3.05) is 44.7 Å². The molecule has 1 fully saturated rings. The molecular formula is C17H20N2O4. The van der Waals surface area contributed by atoms with Crippen molar-refractivity contribution in [1.29, 1.82) is 0 Å². The van der Waals surface area contributed by atoms with Gasteiger partial charge in [-0.15, -0.1) is 0 Å². The second-order valence-electron chi connectivity index (χ2n) is 5.77. The first kappa shape index (κ1) is 15.6. The number of carbonyl (C=O) groups excluding carboxylic acids is 2. The number of ketones is 1. The zero-order valence-corrected chi connectivity index (χ0v) is 13.4. The Morgan fingerprint density at radius 3 is 2.65 bits per heavy atom. The van der Waals surface area contributed by atoms with Crippen molar-refractivity contribution in [1.82, 2.24) is 4.90 Å². The number of ether oxygens (including phenoxy) is 2. The van der Waals surface area contributed by atoms with Gasteiger partial charge in [0.2, 0.25) is 0 Å². The molecule has 0 N–H and O–H groups in total. The summed E-state index contributed by atoms with van der Waals surface area (Å²) in [6.45, 7) is 5.94. The zero-order valence-electron chi connectivity index (χ0n) is 13.4. The topological polar surface area (TPSA) is 59.1 Å². The van der Waals surface area contributed by atoms with Crippen molar-refractivity contribution >= 4 is 17.4 Å². The van der Waals surface area contributed by atoms with Crippen LogP contribution in [-0.2, 0) is 4.79 Å². The van der Waals surface area contributed by atoms with E-state index in [-0.39, 0.29) is 18.0 Å². The monoisotopic (exact) mass is 316 g/mol. The van der Waals surface area contributed by atoms with E-state index in [0.717, 1.165) is 31.9 Å². The number of nitrogens with zero attached hydrogens (tertiary/aromatic N) is 2. The highest BCUT2D eigenvalue weighted by molar-refractivity contribution is 6.04. The maximum absolute atomic E-state index is 12.3. The van der Waals surface area contributed by atoms with E-state index >= 15 is 0 Å². The van der Waals surface area contributed by atoms with Crippen LogP contribution in [0.25, 0.3) is 0 Å². The lowest BCUT2D eigenvalue weighted by molar-refractivity contribution is 0.0964. The Hall–Kier alpha value is -2.30. The summed E-state index contributed by atoms with van der Waals surface area (Å²) >= 11 is 0. The van der Waals surface area contributed by atoms with E-state index in [4.69, 9.17) is 9.47 Å². The summed E-state index contributed by atoms with van der Waals surface area (Å²) in [6, 6.07) is 3.58. The highest BCUT2D eigenvalue weighted by Crippen LogP contribution is 2.41. The van der Waals surface area contributed by atoms with Gasteiger partial charge in [-0.05, 0) is 20.0 Å². The van der Waals surface area contributed by atoms with Gasteiger partial charge in [0.05, 0.1) is 24.3 Å². The summed E-state index contributed by atoms with van der Waals surface area (Å²) in [5.74, 6) is 2.72. The fourth-order valence-corrected chi connectivity index (χ4v) is 2.89. The minimum Gasteiger partial charge on any atom is -0.494 e. The van der Waals surface area contributed by atoms with E-state index in [9.17, 15) is 9.59 Å². The Morgan fingerprint density at radius 2 is 2.00 bits per heavy atom. The lowest BCUT2D eigenvalue weighted by Gasteiger charge is -2.36. The van der Waals surface area contributed by atoms with Crippen LogP contribution < -0.4 is 14.4 Å². The third kappa shape index (κ3) is 3.09. The van der Waals surface area contributed by atoms with Crippen LogP contribution in [0.2, 0.25) is 0 Å². The molecule has 1 aromatic carbocycles. The van der Waals surface area contributed by atoms with Crippen LogP contribution in [-0.4, -0.2) is 56.5 Å². The van der Waals surface area contributed by atoms with E-state index < -0.39 is 0 Å². The Morgan fingerprint density at radius 1 is 1.26 bits per heavy atom. The van der Waals surface area contributed by atoms with Gasteiger partial charge < -0.3 is 19.3 Å². The number of hydrogen-bond acceptors (Lipinski definition) is 6.